The first-order valence-electron chi connectivity index (χ1n) is 6.77. The Labute approximate surface area is 131 Å². The van der Waals surface area contributed by atoms with Crippen LogP contribution in [0.15, 0.2) is 45.3 Å². The molecule has 106 valence electrons. The first-order chi connectivity index (χ1) is 9.95. The van der Waals surface area contributed by atoms with Gasteiger partial charge in [0.1, 0.15) is 5.58 Å². The van der Waals surface area contributed by atoms with E-state index < -0.39 is 0 Å². The van der Waals surface area contributed by atoms with Crippen LogP contribution in [0.5, 0.6) is 0 Å². The van der Waals surface area contributed by atoms with Crippen molar-refractivity contribution in [3.63, 3.8) is 0 Å². The van der Waals surface area contributed by atoms with Crippen LogP contribution in [0, 0.1) is 20.8 Å². The van der Waals surface area contributed by atoms with Gasteiger partial charge in [-0.15, -0.1) is 0 Å². The molecular formula is C18H15BrO2. The fourth-order valence-corrected chi connectivity index (χ4v) is 3.10. The van der Waals surface area contributed by atoms with Crippen LogP contribution < -0.4 is 0 Å². The zero-order chi connectivity index (χ0) is 15.1. The van der Waals surface area contributed by atoms with Crippen molar-refractivity contribution in [2.45, 2.75) is 20.8 Å². The number of fused-ring (bicyclic) bond motifs is 1. The molecule has 1 heterocycles. The van der Waals surface area contributed by atoms with Crippen molar-refractivity contribution < 1.29 is 9.21 Å². The van der Waals surface area contributed by atoms with E-state index in [1.54, 1.807) is 0 Å². The van der Waals surface area contributed by atoms with Gasteiger partial charge in [-0.2, -0.15) is 0 Å². The maximum atomic E-state index is 12.7. The fraction of sp³-hybridized carbons (Fsp3) is 0.167. The molecule has 3 heteroatoms. The number of benzene rings is 2. The Balaban J connectivity index is 2.14. The highest BCUT2D eigenvalue weighted by Gasteiger charge is 2.17. The van der Waals surface area contributed by atoms with Gasteiger partial charge in [0.05, 0.1) is 0 Å². The molecule has 0 spiro atoms. The summed E-state index contributed by atoms with van der Waals surface area (Å²) in [5.74, 6) is 0.322. The highest BCUT2D eigenvalue weighted by atomic mass is 79.9. The number of rotatable bonds is 2. The summed E-state index contributed by atoms with van der Waals surface area (Å²) in [5.41, 5.74) is 4.51. The van der Waals surface area contributed by atoms with Crippen LogP contribution in [-0.2, 0) is 0 Å². The summed E-state index contributed by atoms with van der Waals surface area (Å²) in [6, 6.07) is 11.6. The van der Waals surface area contributed by atoms with E-state index in [1.165, 1.54) is 0 Å². The van der Waals surface area contributed by atoms with Gasteiger partial charge >= 0.3 is 0 Å². The Morgan fingerprint density at radius 3 is 2.52 bits per heavy atom. The summed E-state index contributed by atoms with van der Waals surface area (Å²) in [6.07, 6.45) is 0. The maximum Gasteiger partial charge on any atom is 0.228 e. The molecule has 0 saturated heterocycles. The first kappa shape index (κ1) is 14.1. The Morgan fingerprint density at radius 2 is 1.76 bits per heavy atom. The summed E-state index contributed by atoms with van der Waals surface area (Å²) in [6.45, 7) is 5.90. The maximum absolute atomic E-state index is 12.7. The highest BCUT2D eigenvalue weighted by molar-refractivity contribution is 9.10. The Bertz CT molecular complexity index is 859. The average Bonchev–Trinajstić information content (AvgIpc) is 2.85. The number of hydrogen-bond acceptors (Lipinski definition) is 2. The number of halogens is 1. The third-order valence-corrected chi connectivity index (χ3v) is 4.09. The average molecular weight is 343 g/mol. The van der Waals surface area contributed by atoms with E-state index in [0.29, 0.717) is 11.3 Å². The molecule has 0 unspecified atom stereocenters. The second kappa shape index (κ2) is 5.15. The molecule has 0 amide bonds. The van der Waals surface area contributed by atoms with E-state index in [2.05, 4.69) is 15.9 Å². The second-order valence-electron chi connectivity index (χ2n) is 5.40. The Hall–Kier alpha value is -1.87. The van der Waals surface area contributed by atoms with Crippen molar-refractivity contribution in [2.75, 3.05) is 0 Å². The molecule has 0 fully saturated rings. The molecule has 0 N–H and O–H groups in total. The number of carbonyl (C=O) groups is 1. The molecule has 0 aliphatic heterocycles. The normalized spacial score (nSPS) is 11.0. The van der Waals surface area contributed by atoms with Gasteiger partial charge in [-0.1, -0.05) is 33.6 Å². The molecule has 3 rings (SSSR count). The van der Waals surface area contributed by atoms with Crippen LogP contribution in [0.1, 0.15) is 32.8 Å². The second-order valence-corrected chi connectivity index (χ2v) is 6.31. The van der Waals surface area contributed by atoms with Crippen molar-refractivity contribution in [2.24, 2.45) is 0 Å². The predicted molar refractivity (Wildman–Crippen MR) is 88.0 cm³/mol. The number of hydrogen-bond donors (Lipinski definition) is 0. The molecule has 0 atom stereocenters. The van der Waals surface area contributed by atoms with Crippen molar-refractivity contribution in [3.05, 3.63) is 68.9 Å². The zero-order valence-corrected chi connectivity index (χ0v) is 13.7. The summed E-state index contributed by atoms with van der Waals surface area (Å²) >= 11 is 3.47. The minimum absolute atomic E-state index is 0.0667. The Morgan fingerprint density at radius 1 is 1.00 bits per heavy atom. The molecule has 1 aromatic heterocycles. The molecule has 0 aliphatic carbocycles. The highest BCUT2D eigenvalue weighted by Crippen LogP contribution is 2.28. The van der Waals surface area contributed by atoms with Gasteiger partial charge in [0.2, 0.25) is 5.78 Å². The van der Waals surface area contributed by atoms with Gasteiger partial charge in [0, 0.05) is 15.4 Å². The van der Waals surface area contributed by atoms with E-state index >= 15 is 0 Å². The molecular weight excluding hydrogens is 328 g/mol. The van der Waals surface area contributed by atoms with E-state index in [-0.39, 0.29) is 5.78 Å². The van der Waals surface area contributed by atoms with Crippen molar-refractivity contribution in [1.29, 1.82) is 0 Å². The molecule has 0 radical (unpaired) electrons. The molecule has 21 heavy (non-hydrogen) atoms. The van der Waals surface area contributed by atoms with Crippen molar-refractivity contribution >= 4 is 32.7 Å². The standard InChI is InChI=1S/C18H15BrO2/c1-10-4-5-11(2)15(6-10)17(20)16-9-13-8-14(19)7-12(3)18(13)21-16/h4-9H,1-3H3. The quantitative estimate of drug-likeness (QED) is 0.587. The zero-order valence-electron chi connectivity index (χ0n) is 12.2. The first-order valence-corrected chi connectivity index (χ1v) is 7.56. The van der Waals surface area contributed by atoms with Crippen molar-refractivity contribution in [3.8, 4) is 0 Å². The topological polar surface area (TPSA) is 30.2 Å². The molecule has 0 aliphatic rings. The molecule has 2 aromatic carbocycles. The summed E-state index contributed by atoms with van der Waals surface area (Å²) in [7, 11) is 0. The fourth-order valence-electron chi connectivity index (χ4n) is 2.51. The molecule has 3 aromatic rings. The van der Waals surface area contributed by atoms with Gasteiger partial charge in [-0.05, 0) is 56.2 Å². The number of ketones is 1. The lowest BCUT2D eigenvalue weighted by atomic mass is 10.0. The smallest absolute Gasteiger partial charge is 0.228 e. The van der Waals surface area contributed by atoms with E-state index in [1.807, 2.05) is 57.2 Å². The Kier molecular flexibility index (Phi) is 3.46. The lowest BCUT2D eigenvalue weighted by Crippen LogP contribution is -2.02. The SMILES string of the molecule is Cc1ccc(C)c(C(=O)c2cc3cc(Br)cc(C)c3o2)c1. The molecule has 0 saturated carbocycles. The van der Waals surface area contributed by atoms with Gasteiger partial charge in [-0.25, -0.2) is 0 Å². The summed E-state index contributed by atoms with van der Waals surface area (Å²) < 4.78 is 6.78. The predicted octanol–water partition coefficient (Wildman–Crippen LogP) is 5.35. The van der Waals surface area contributed by atoms with Crippen LogP contribution in [0.4, 0.5) is 0 Å². The van der Waals surface area contributed by atoms with Crippen LogP contribution >= 0.6 is 15.9 Å². The van der Waals surface area contributed by atoms with Gasteiger partial charge < -0.3 is 4.42 Å². The minimum Gasteiger partial charge on any atom is -0.452 e. The van der Waals surface area contributed by atoms with Gasteiger partial charge in [0.15, 0.2) is 5.76 Å². The molecule has 2 nitrogen and oxygen atoms in total. The van der Waals surface area contributed by atoms with Crippen LogP contribution in [0.25, 0.3) is 11.0 Å². The largest absolute Gasteiger partial charge is 0.452 e. The minimum atomic E-state index is -0.0667. The summed E-state index contributed by atoms with van der Waals surface area (Å²) in [5, 5.41) is 0.940. The van der Waals surface area contributed by atoms with Crippen LogP contribution in [-0.4, -0.2) is 5.78 Å². The monoisotopic (exact) mass is 342 g/mol. The number of furan rings is 1. The third kappa shape index (κ3) is 2.54. The lowest BCUT2D eigenvalue weighted by molar-refractivity contribution is 0.101. The third-order valence-electron chi connectivity index (χ3n) is 3.63. The van der Waals surface area contributed by atoms with E-state index in [9.17, 15) is 4.79 Å². The summed E-state index contributed by atoms with van der Waals surface area (Å²) in [4.78, 5) is 12.7. The lowest BCUT2D eigenvalue weighted by Gasteiger charge is -2.04. The van der Waals surface area contributed by atoms with Crippen LogP contribution in [0.3, 0.4) is 0 Å². The number of carbonyl (C=O) groups excluding carboxylic acids is 1. The number of aryl methyl sites for hydroxylation is 3. The van der Waals surface area contributed by atoms with Crippen LogP contribution in [0.2, 0.25) is 0 Å². The van der Waals surface area contributed by atoms with Gasteiger partial charge in [-0.3, -0.25) is 4.79 Å². The van der Waals surface area contributed by atoms with Gasteiger partial charge in [0.25, 0.3) is 0 Å². The van der Waals surface area contributed by atoms with E-state index in [0.717, 1.165) is 32.1 Å². The molecule has 0 bridgehead atoms. The van der Waals surface area contributed by atoms with Crippen molar-refractivity contribution in [1.82, 2.24) is 0 Å². The van der Waals surface area contributed by atoms with E-state index in [4.69, 9.17) is 4.42 Å².